The number of hydrogen-bond donors (Lipinski definition) is 0. The van der Waals surface area contributed by atoms with Crippen molar-refractivity contribution in [2.45, 2.75) is 36.7 Å². The summed E-state index contributed by atoms with van der Waals surface area (Å²) in [4.78, 5) is 14.2. The van der Waals surface area contributed by atoms with Gasteiger partial charge in [-0.25, -0.2) is 9.36 Å². The third-order valence-electron chi connectivity index (χ3n) is 5.71. The second-order valence-corrected chi connectivity index (χ2v) is 9.75. The Bertz CT molecular complexity index is 1430. The molecule has 0 aliphatic heterocycles. The van der Waals surface area contributed by atoms with Crippen LogP contribution in [0.3, 0.4) is 0 Å². The summed E-state index contributed by atoms with van der Waals surface area (Å²) in [5.41, 5.74) is -6.03. The maximum atomic E-state index is 13.9. The summed E-state index contributed by atoms with van der Waals surface area (Å²) in [6.45, 7) is 0. The lowest BCUT2D eigenvalue weighted by Gasteiger charge is -2.21. The highest BCUT2D eigenvalue weighted by atomic mass is 35.5. The summed E-state index contributed by atoms with van der Waals surface area (Å²) in [5.74, 6) is -7.75. The number of rotatable bonds is 5. The lowest BCUT2D eigenvalue weighted by atomic mass is 10.1. The molecule has 1 amide bonds. The van der Waals surface area contributed by atoms with Crippen molar-refractivity contribution in [3.63, 3.8) is 0 Å². The normalized spacial score (nSPS) is 15.5. The highest BCUT2D eigenvalue weighted by molar-refractivity contribution is 7.19. The Morgan fingerprint density at radius 1 is 1.22 bits per heavy atom. The van der Waals surface area contributed by atoms with Gasteiger partial charge >= 0.3 is 18.3 Å². The zero-order valence-electron chi connectivity index (χ0n) is 18.4. The van der Waals surface area contributed by atoms with E-state index in [4.69, 9.17) is 11.6 Å². The summed E-state index contributed by atoms with van der Waals surface area (Å²) in [6, 6.07) is 3.30. The molecule has 0 unspecified atom stereocenters. The second-order valence-electron chi connectivity index (χ2n) is 8.09. The zero-order chi connectivity index (χ0) is 27.7. The van der Waals surface area contributed by atoms with E-state index in [1.165, 1.54) is 18.0 Å². The molecule has 0 saturated heterocycles. The third kappa shape index (κ3) is 4.31. The highest BCUT2D eigenvalue weighted by Gasteiger charge is 2.64. The first kappa shape index (κ1) is 26.8. The first-order valence-corrected chi connectivity index (χ1v) is 11.1. The highest BCUT2D eigenvalue weighted by Crippen LogP contribution is 2.49. The van der Waals surface area contributed by atoms with E-state index < -0.39 is 46.8 Å². The number of alkyl halides is 8. The Labute approximate surface area is 210 Å². The van der Waals surface area contributed by atoms with Gasteiger partial charge in [-0.05, 0) is 18.9 Å². The summed E-state index contributed by atoms with van der Waals surface area (Å²) in [6.07, 6.45) is -10.2. The number of aryl methyl sites for hydroxylation is 1. The predicted octanol–water partition coefficient (Wildman–Crippen LogP) is 5.18. The number of nitriles is 1. The van der Waals surface area contributed by atoms with Gasteiger partial charge in [0.1, 0.15) is 21.1 Å². The number of thiophene rings is 1. The molecular formula is C19H12ClF8N7OS. The molecule has 1 saturated carbocycles. The Balaban J connectivity index is 1.76. The number of halogens is 9. The van der Waals surface area contributed by atoms with Crippen LogP contribution < -0.4 is 0 Å². The molecule has 0 bridgehead atoms. The molecule has 4 rings (SSSR count). The van der Waals surface area contributed by atoms with Gasteiger partial charge in [0.15, 0.2) is 11.5 Å². The minimum Gasteiger partial charge on any atom is -0.323 e. The van der Waals surface area contributed by atoms with E-state index in [-0.39, 0.29) is 25.2 Å². The molecule has 3 aromatic rings. The van der Waals surface area contributed by atoms with Crippen LogP contribution in [0.1, 0.15) is 34.5 Å². The number of amides is 1. The van der Waals surface area contributed by atoms with Gasteiger partial charge in [0.2, 0.25) is 0 Å². The largest absolute Gasteiger partial charge is 0.459 e. The van der Waals surface area contributed by atoms with Crippen LogP contribution in [-0.4, -0.2) is 54.3 Å². The van der Waals surface area contributed by atoms with Crippen LogP contribution in [0.4, 0.5) is 35.1 Å². The maximum absolute atomic E-state index is 13.9. The first-order chi connectivity index (χ1) is 16.9. The Kier molecular flexibility index (Phi) is 6.07. The van der Waals surface area contributed by atoms with E-state index in [0.29, 0.717) is 17.5 Å². The molecule has 0 radical (unpaired) electrons. The SMILES string of the molecule is CN(C(=O)c1cc(-c2cn(-c3c(C(F)(F)F)c(C(F)(F)C(F)(F)F)nn3C)nn2)sc1Cl)C1(C#N)CC1. The minimum absolute atomic E-state index is 0.0242. The number of hydrogen-bond acceptors (Lipinski definition) is 6. The molecule has 0 spiro atoms. The average molecular weight is 574 g/mol. The number of carbonyl (C=O) groups is 1. The second kappa shape index (κ2) is 8.38. The van der Waals surface area contributed by atoms with E-state index in [0.717, 1.165) is 24.6 Å². The minimum atomic E-state index is -6.35. The van der Waals surface area contributed by atoms with Gasteiger partial charge in [0, 0.05) is 14.1 Å². The summed E-state index contributed by atoms with van der Waals surface area (Å²) < 4.78 is 108. The van der Waals surface area contributed by atoms with Gasteiger partial charge in [-0.2, -0.15) is 45.5 Å². The monoisotopic (exact) mass is 573 g/mol. The van der Waals surface area contributed by atoms with Crippen molar-refractivity contribution in [1.82, 2.24) is 29.7 Å². The molecule has 3 aromatic heterocycles. The number of nitrogens with zero attached hydrogens (tertiary/aromatic N) is 7. The number of aromatic nitrogens is 5. The van der Waals surface area contributed by atoms with Crippen LogP contribution in [0.2, 0.25) is 4.34 Å². The molecule has 198 valence electrons. The molecule has 0 aromatic carbocycles. The molecular weight excluding hydrogens is 562 g/mol. The third-order valence-corrected chi connectivity index (χ3v) is 7.09. The van der Waals surface area contributed by atoms with E-state index in [1.54, 1.807) is 0 Å². The van der Waals surface area contributed by atoms with Crippen LogP contribution in [0.5, 0.6) is 0 Å². The summed E-state index contributed by atoms with van der Waals surface area (Å²) >= 11 is 6.95. The maximum Gasteiger partial charge on any atom is 0.459 e. The lowest BCUT2D eigenvalue weighted by molar-refractivity contribution is -0.292. The fourth-order valence-corrected chi connectivity index (χ4v) is 4.74. The fourth-order valence-electron chi connectivity index (χ4n) is 3.53. The lowest BCUT2D eigenvalue weighted by Crippen LogP contribution is -2.37. The standard InChI is InChI=1S/C19H12ClF8N7OS/c1-33(16(7-29)3-4-16)15(36)8-5-10(37-13(8)20)9-6-35(32-30-9)14-11(18(23,24)25)12(31-34(14)2)17(21,22)19(26,27)28/h5-6H,3-4H2,1-2H3. The first-order valence-electron chi connectivity index (χ1n) is 9.95. The van der Waals surface area contributed by atoms with Crippen LogP contribution in [0, 0.1) is 11.3 Å². The molecule has 18 heteroatoms. The van der Waals surface area contributed by atoms with Gasteiger partial charge in [-0.15, -0.1) is 16.4 Å². The fraction of sp³-hybridized carbons (Fsp3) is 0.421. The Morgan fingerprint density at radius 2 is 1.84 bits per heavy atom. The quantitative estimate of drug-likeness (QED) is 0.392. The smallest absolute Gasteiger partial charge is 0.323 e. The van der Waals surface area contributed by atoms with Crippen molar-refractivity contribution in [3.05, 3.63) is 33.4 Å². The number of carbonyl (C=O) groups excluding carboxylic acids is 1. The van der Waals surface area contributed by atoms with Crippen molar-refractivity contribution < 1.29 is 39.9 Å². The van der Waals surface area contributed by atoms with Crippen molar-refractivity contribution in [2.75, 3.05) is 7.05 Å². The molecule has 1 aliphatic carbocycles. The topological polar surface area (TPSA) is 92.6 Å². The van der Waals surface area contributed by atoms with Crippen molar-refractivity contribution >= 4 is 28.8 Å². The molecule has 37 heavy (non-hydrogen) atoms. The van der Waals surface area contributed by atoms with Gasteiger partial charge in [0.05, 0.1) is 22.7 Å². The molecule has 0 N–H and O–H groups in total. The van der Waals surface area contributed by atoms with E-state index in [1.807, 2.05) is 6.07 Å². The Hall–Kier alpha value is -3.26. The van der Waals surface area contributed by atoms with E-state index in [9.17, 15) is 45.2 Å². The average Bonchev–Trinajstić information content (AvgIpc) is 3.08. The molecule has 3 heterocycles. The van der Waals surface area contributed by atoms with Crippen LogP contribution in [0.15, 0.2) is 12.3 Å². The van der Waals surface area contributed by atoms with E-state index >= 15 is 0 Å². The van der Waals surface area contributed by atoms with Crippen molar-refractivity contribution in [1.29, 1.82) is 5.26 Å². The molecule has 8 nitrogen and oxygen atoms in total. The van der Waals surface area contributed by atoms with Crippen LogP contribution in [-0.2, 0) is 19.1 Å². The Morgan fingerprint density at radius 3 is 2.35 bits per heavy atom. The molecule has 0 atom stereocenters. The van der Waals surface area contributed by atoms with Gasteiger partial charge in [0.25, 0.3) is 5.91 Å². The van der Waals surface area contributed by atoms with Gasteiger partial charge in [-0.3, -0.25) is 4.79 Å². The van der Waals surface area contributed by atoms with Crippen LogP contribution in [0.25, 0.3) is 16.4 Å². The van der Waals surface area contributed by atoms with Crippen LogP contribution >= 0.6 is 22.9 Å². The van der Waals surface area contributed by atoms with Crippen molar-refractivity contribution in [2.24, 2.45) is 7.05 Å². The summed E-state index contributed by atoms with van der Waals surface area (Å²) in [5, 5.41) is 19.2. The summed E-state index contributed by atoms with van der Waals surface area (Å²) in [7, 11) is 2.15. The van der Waals surface area contributed by atoms with Gasteiger partial charge < -0.3 is 4.90 Å². The molecule has 1 fully saturated rings. The van der Waals surface area contributed by atoms with E-state index in [2.05, 4.69) is 15.4 Å². The predicted molar refractivity (Wildman–Crippen MR) is 111 cm³/mol. The van der Waals surface area contributed by atoms with Gasteiger partial charge in [-0.1, -0.05) is 16.8 Å². The zero-order valence-corrected chi connectivity index (χ0v) is 20.0. The van der Waals surface area contributed by atoms with Crippen molar-refractivity contribution in [3.8, 4) is 22.5 Å². The molecule has 1 aliphatic rings.